The zero-order valence-electron chi connectivity index (χ0n) is 24.9. The van der Waals surface area contributed by atoms with Crippen LogP contribution in [0.3, 0.4) is 0 Å². The van der Waals surface area contributed by atoms with Gasteiger partial charge in [-0.1, -0.05) is 127 Å². The molecule has 0 fully saturated rings. The third-order valence-electron chi connectivity index (χ3n) is 10.0. The van der Waals surface area contributed by atoms with E-state index < -0.39 is 5.41 Å². The van der Waals surface area contributed by atoms with Crippen LogP contribution < -0.4 is 4.90 Å². The first-order valence-corrected chi connectivity index (χ1v) is 16.1. The summed E-state index contributed by atoms with van der Waals surface area (Å²) in [5.74, 6) is 0. The molecule has 0 saturated carbocycles. The van der Waals surface area contributed by atoms with Crippen LogP contribution >= 0.6 is 11.6 Å². The fourth-order valence-electron chi connectivity index (χ4n) is 8.33. The van der Waals surface area contributed by atoms with Gasteiger partial charge in [-0.15, -0.1) is 0 Å². The van der Waals surface area contributed by atoms with E-state index in [0.717, 1.165) is 32.8 Å². The van der Waals surface area contributed by atoms with Crippen molar-refractivity contribution in [2.45, 2.75) is 5.41 Å². The van der Waals surface area contributed by atoms with Crippen molar-refractivity contribution in [3.63, 3.8) is 0 Å². The number of anilines is 3. The number of hydrogen-bond acceptors (Lipinski definition) is 1. The molecule has 0 amide bonds. The summed E-state index contributed by atoms with van der Waals surface area (Å²) >= 11 is 7.00. The summed E-state index contributed by atoms with van der Waals surface area (Å²) in [6.07, 6.45) is 0. The van der Waals surface area contributed by atoms with Gasteiger partial charge in [-0.25, -0.2) is 0 Å². The summed E-state index contributed by atoms with van der Waals surface area (Å²) < 4.78 is 2.35. The number of rotatable bonds is 2. The number of halogens is 1. The second-order valence-corrected chi connectivity index (χ2v) is 12.6. The monoisotopic (exact) mass is 606 g/mol. The van der Waals surface area contributed by atoms with Crippen molar-refractivity contribution in [2.75, 3.05) is 4.90 Å². The Balaban J connectivity index is 1.34. The molecule has 0 bridgehead atoms. The summed E-state index contributed by atoms with van der Waals surface area (Å²) in [7, 11) is 0. The largest absolute Gasteiger partial charge is 0.310 e. The van der Waals surface area contributed by atoms with E-state index in [9.17, 15) is 0 Å². The molecule has 2 aliphatic rings. The van der Waals surface area contributed by atoms with Gasteiger partial charge in [0.15, 0.2) is 0 Å². The van der Waals surface area contributed by atoms with Gasteiger partial charge < -0.3 is 9.47 Å². The summed E-state index contributed by atoms with van der Waals surface area (Å²) in [6.45, 7) is 0. The molecule has 2 nitrogen and oxygen atoms in total. The van der Waals surface area contributed by atoms with Gasteiger partial charge >= 0.3 is 0 Å². The molecule has 0 unspecified atom stereocenters. The maximum Gasteiger partial charge on any atom is 0.0755 e. The smallest absolute Gasteiger partial charge is 0.0755 e. The van der Waals surface area contributed by atoms with Gasteiger partial charge in [-0.05, 0) is 81.9 Å². The van der Waals surface area contributed by atoms with Crippen LogP contribution in [0.15, 0.2) is 164 Å². The molecule has 7 aromatic carbocycles. The lowest BCUT2D eigenvalue weighted by atomic mass is 9.64. The first-order chi connectivity index (χ1) is 22.8. The van der Waals surface area contributed by atoms with Crippen LogP contribution in [-0.4, -0.2) is 4.57 Å². The third kappa shape index (κ3) is 3.21. The molecule has 216 valence electrons. The lowest BCUT2D eigenvalue weighted by molar-refractivity contribution is 0.752. The molecule has 0 atom stereocenters. The molecule has 1 aliphatic carbocycles. The van der Waals surface area contributed by atoms with Crippen molar-refractivity contribution in [1.82, 2.24) is 4.57 Å². The Morgan fingerprint density at radius 3 is 1.83 bits per heavy atom. The molecule has 8 aromatic rings. The number of aromatic nitrogens is 1. The Morgan fingerprint density at radius 2 is 1.04 bits per heavy atom. The molecule has 0 saturated heterocycles. The second kappa shape index (κ2) is 9.47. The van der Waals surface area contributed by atoms with E-state index in [0.29, 0.717) is 0 Å². The molecule has 46 heavy (non-hydrogen) atoms. The highest BCUT2D eigenvalue weighted by Gasteiger charge is 2.51. The predicted octanol–water partition coefficient (Wildman–Crippen LogP) is 11.6. The van der Waals surface area contributed by atoms with Crippen molar-refractivity contribution in [3.8, 4) is 16.8 Å². The molecular weight excluding hydrogens is 580 g/mol. The number of hydrogen-bond donors (Lipinski definition) is 0. The van der Waals surface area contributed by atoms with Crippen molar-refractivity contribution in [3.05, 3.63) is 191 Å². The van der Waals surface area contributed by atoms with Gasteiger partial charge in [0.1, 0.15) is 0 Å². The minimum Gasteiger partial charge on any atom is -0.310 e. The topological polar surface area (TPSA) is 8.17 Å². The lowest BCUT2D eigenvalue weighted by Gasteiger charge is -2.45. The van der Waals surface area contributed by atoms with Crippen molar-refractivity contribution in [1.29, 1.82) is 0 Å². The number of benzene rings is 7. The Labute approximate surface area is 272 Å². The maximum atomic E-state index is 7.00. The number of fused-ring (bicyclic) bond motifs is 12. The molecule has 1 aromatic heterocycles. The highest BCUT2D eigenvalue weighted by molar-refractivity contribution is 6.36. The van der Waals surface area contributed by atoms with E-state index >= 15 is 0 Å². The minimum atomic E-state index is -0.511. The molecular formula is C43H27ClN2. The van der Waals surface area contributed by atoms with Crippen molar-refractivity contribution >= 4 is 50.5 Å². The Hall–Kier alpha value is -5.57. The lowest BCUT2D eigenvalue weighted by Crippen LogP contribution is -2.36. The van der Waals surface area contributed by atoms with Crippen molar-refractivity contribution in [2.24, 2.45) is 0 Å². The SMILES string of the molecule is Clc1cccc2c3ccccc3n(-c3ccc4c(c3)C3(c5ccccc5-4)c4ccccc4N(c4ccccc4)c4ccccc43)c12. The zero-order valence-corrected chi connectivity index (χ0v) is 25.6. The van der Waals surface area contributed by atoms with Gasteiger partial charge in [-0.2, -0.15) is 0 Å². The Kier molecular flexibility index (Phi) is 5.29. The minimum absolute atomic E-state index is 0.511. The molecule has 10 rings (SSSR count). The van der Waals surface area contributed by atoms with Crippen LogP contribution in [0.25, 0.3) is 38.6 Å². The second-order valence-electron chi connectivity index (χ2n) is 12.2. The van der Waals surface area contributed by atoms with Gasteiger partial charge in [0.2, 0.25) is 0 Å². The van der Waals surface area contributed by atoms with E-state index in [1.807, 2.05) is 12.1 Å². The Morgan fingerprint density at radius 1 is 0.435 bits per heavy atom. The van der Waals surface area contributed by atoms with Crippen LogP contribution in [-0.2, 0) is 5.41 Å². The van der Waals surface area contributed by atoms with E-state index in [-0.39, 0.29) is 0 Å². The van der Waals surface area contributed by atoms with Gasteiger partial charge in [0.05, 0.1) is 32.8 Å². The normalized spacial score (nSPS) is 13.9. The number of para-hydroxylation sites is 5. The van der Waals surface area contributed by atoms with E-state index in [1.165, 1.54) is 50.1 Å². The predicted molar refractivity (Wildman–Crippen MR) is 191 cm³/mol. The third-order valence-corrected chi connectivity index (χ3v) is 10.3. The summed E-state index contributed by atoms with van der Waals surface area (Å²) in [4.78, 5) is 2.42. The van der Waals surface area contributed by atoms with Gasteiger partial charge in [0.25, 0.3) is 0 Å². The summed E-state index contributed by atoms with van der Waals surface area (Å²) in [5.41, 5.74) is 14.0. The summed E-state index contributed by atoms with van der Waals surface area (Å²) in [6, 6.07) is 59.5. The number of nitrogens with zero attached hydrogens (tertiary/aromatic N) is 2. The highest BCUT2D eigenvalue weighted by Crippen LogP contribution is 2.63. The van der Waals surface area contributed by atoms with Crippen LogP contribution in [0.2, 0.25) is 5.02 Å². The first-order valence-electron chi connectivity index (χ1n) is 15.7. The van der Waals surface area contributed by atoms with Crippen LogP contribution in [0.4, 0.5) is 17.1 Å². The van der Waals surface area contributed by atoms with Crippen LogP contribution in [0.5, 0.6) is 0 Å². The van der Waals surface area contributed by atoms with Crippen LogP contribution in [0.1, 0.15) is 22.3 Å². The maximum absolute atomic E-state index is 7.00. The summed E-state index contributed by atoms with van der Waals surface area (Å²) in [5, 5.41) is 3.11. The van der Waals surface area contributed by atoms with Gasteiger partial charge in [0, 0.05) is 22.1 Å². The van der Waals surface area contributed by atoms with E-state index in [2.05, 4.69) is 161 Å². The average molecular weight is 607 g/mol. The fourth-order valence-corrected chi connectivity index (χ4v) is 8.59. The highest BCUT2D eigenvalue weighted by atomic mass is 35.5. The van der Waals surface area contributed by atoms with Gasteiger partial charge in [-0.3, -0.25) is 0 Å². The fraction of sp³-hybridized carbons (Fsp3) is 0.0233. The van der Waals surface area contributed by atoms with Crippen LogP contribution in [0, 0.1) is 0 Å². The van der Waals surface area contributed by atoms with E-state index in [4.69, 9.17) is 11.6 Å². The van der Waals surface area contributed by atoms with Crippen molar-refractivity contribution < 1.29 is 0 Å². The average Bonchev–Trinajstić information content (AvgIpc) is 3.61. The van der Waals surface area contributed by atoms with E-state index in [1.54, 1.807) is 0 Å². The Bertz CT molecular complexity index is 2460. The first kappa shape index (κ1) is 25.7. The quantitative estimate of drug-likeness (QED) is 0.190. The molecule has 1 spiro atoms. The molecule has 2 heterocycles. The molecule has 0 radical (unpaired) electrons. The standard InChI is InChI=1S/C43H27ClN2/c44-38-21-12-17-33-32-16-5-9-22-39(32)46(42(33)38)29-25-26-31-30-15-4-6-18-34(30)43(37(31)27-29)35-19-7-10-23-40(35)45(28-13-2-1-3-14-28)41-24-11-8-20-36(41)43/h1-27H. The zero-order chi connectivity index (χ0) is 30.4. The molecule has 1 aliphatic heterocycles. The molecule has 3 heteroatoms. The molecule has 0 N–H and O–H groups in total.